The second kappa shape index (κ2) is 13.1. The summed E-state index contributed by atoms with van der Waals surface area (Å²) >= 11 is 0. The number of anilines is 1. The number of carbonyl (C=O) groups excluding carboxylic acids is 2. The molecule has 0 bridgehead atoms. The second-order valence-corrected chi connectivity index (χ2v) is 10.1. The van der Waals surface area contributed by atoms with Gasteiger partial charge in [-0.05, 0) is 47.1 Å². The Morgan fingerprint density at radius 1 is 1.00 bits per heavy atom. The number of carbonyl (C=O) groups is 3. The van der Waals surface area contributed by atoms with Crippen LogP contribution in [-0.4, -0.2) is 44.2 Å². The first-order chi connectivity index (χ1) is 17.5. The molecule has 0 spiro atoms. The fraction of sp³-hybridized carbons (Fsp3) is 0.483. The molecule has 1 unspecified atom stereocenters. The molecular formula is C29H40N2O6. The molecule has 2 aromatic carbocycles. The normalized spacial score (nSPS) is 12.0. The lowest BCUT2D eigenvalue weighted by atomic mass is 9.84. The van der Waals surface area contributed by atoms with Crippen LogP contribution in [0.3, 0.4) is 0 Å². The number of methoxy groups -OCH3 is 2. The number of amides is 2. The van der Waals surface area contributed by atoms with Gasteiger partial charge in [0.05, 0.1) is 14.2 Å². The van der Waals surface area contributed by atoms with E-state index in [2.05, 4.69) is 17.6 Å². The standard InChI is InChI=1S/C29H40N2O6/c1-8-9-10-11-18(20-16-21(28(34)35)25(37-7)17-24(20)36-6)15-26(32)31-23-14-19(27(33)30-5)12-13-22(23)29(2,3)4/h12-14,16-18H,8-11,15H2,1-7H3,(H,30,33)(H,31,32)(H,34,35). The molecule has 2 aromatic rings. The minimum Gasteiger partial charge on any atom is -0.496 e. The smallest absolute Gasteiger partial charge is 0.339 e. The van der Waals surface area contributed by atoms with Crippen molar-refractivity contribution in [3.8, 4) is 11.5 Å². The summed E-state index contributed by atoms with van der Waals surface area (Å²) in [6.07, 6.45) is 3.70. The molecule has 37 heavy (non-hydrogen) atoms. The van der Waals surface area contributed by atoms with Crippen LogP contribution in [0.5, 0.6) is 11.5 Å². The van der Waals surface area contributed by atoms with Crippen LogP contribution in [0.2, 0.25) is 0 Å². The third-order valence-electron chi connectivity index (χ3n) is 6.40. The van der Waals surface area contributed by atoms with Gasteiger partial charge in [0.15, 0.2) is 0 Å². The molecule has 8 heteroatoms. The highest BCUT2D eigenvalue weighted by molar-refractivity contribution is 5.98. The van der Waals surface area contributed by atoms with Crippen molar-refractivity contribution in [2.45, 2.75) is 71.1 Å². The Labute approximate surface area is 219 Å². The predicted molar refractivity (Wildman–Crippen MR) is 145 cm³/mol. The Morgan fingerprint density at radius 2 is 1.68 bits per heavy atom. The zero-order chi connectivity index (χ0) is 27.8. The number of benzene rings is 2. The van der Waals surface area contributed by atoms with Crippen molar-refractivity contribution in [3.05, 3.63) is 52.6 Å². The molecule has 0 aliphatic carbocycles. The monoisotopic (exact) mass is 512 g/mol. The predicted octanol–water partition coefficient (Wildman–Crippen LogP) is 5.75. The SMILES string of the molecule is CCCCCC(CC(=O)Nc1cc(C(=O)NC)ccc1C(C)(C)C)c1cc(C(=O)O)c(OC)cc1OC. The first-order valence-corrected chi connectivity index (χ1v) is 12.6. The van der Waals surface area contributed by atoms with Gasteiger partial charge >= 0.3 is 5.97 Å². The van der Waals surface area contributed by atoms with Crippen LogP contribution in [0.4, 0.5) is 5.69 Å². The molecule has 0 aliphatic heterocycles. The highest BCUT2D eigenvalue weighted by atomic mass is 16.5. The molecule has 8 nitrogen and oxygen atoms in total. The summed E-state index contributed by atoms with van der Waals surface area (Å²) in [7, 11) is 4.49. The number of rotatable bonds is 12. The van der Waals surface area contributed by atoms with E-state index in [1.54, 1.807) is 31.3 Å². The molecule has 2 amide bonds. The van der Waals surface area contributed by atoms with E-state index in [9.17, 15) is 19.5 Å². The maximum atomic E-state index is 13.4. The van der Waals surface area contributed by atoms with E-state index in [-0.39, 0.29) is 40.9 Å². The number of ether oxygens (including phenoxy) is 2. The molecule has 1 atom stereocenters. The summed E-state index contributed by atoms with van der Waals surface area (Å²) in [6, 6.07) is 8.42. The summed E-state index contributed by atoms with van der Waals surface area (Å²) in [5.41, 5.74) is 2.35. The summed E-state index contributed by atoms with van der Waals surface area (Å²) in [4.78, 5) is 37.5. The number of hydrogen-bond donors (Lipinski definition) is 3. The van der Waals surface area contributed by atoms with Gasteiger partial charge in [0, 0.05) is 30.8 Å². The lowest BCUT2D eigenvalue weighted by Crippen LogP contribution is -2.23. The molecule has 0 aromatic heterocycles. The number of aromatic carboxylic acids is 1. The van der Waals surface area contributed by atoms with Crippen molar-refractivity contribution in [3.63, 3.8) is 0 Å². The molecule has 2 rings (SSSR count). The molecule has 0 saturated heterocycles. The lowest BCUT2D eigenvalue weighted by Gasteiger charge is -2.25. The summed E-state index contributed by atoms with van der Waals surface area (Å²) in [6.45, 7) is 8.23. The fourth-order valence-electron chi connectivity index (χ4n) is 4.43. The van der Waals surface area contributed by atoms with Crippen LogP contribution in [0.1, 0.15) is 97.6 Å². The van der Waals surface area contributed by atoms with Crippen molar-refractivity contribution >= 4 is 23.5 Å². The lowest BCUT2D eigenvalue weighted by molar-refractivity contribution is -0.116. The van der Waals surface area contributed by atoms with Gasteiger partial charge in [0.2, 0.25) is 5.91 Å². The van der Waals surface area contributed by atoms with Gasteiger partial charge in [-0.3, -0.25) is 9.59 Å². The molecule has 0 aliphatic rings. The summed E-state index contributed by atoms with van der Waals surface area (Å²) in [5.74, 6) is -1.17. The molecule has 202 valence electrons. The van der Waals surface area contributed by atoms with E-state index >= 15 is 0 Å². The Balaban J connectivity index is 2.47. The zero-order valence-corrected chi connectivity index (χ0v) is 23.0. The largest absolute Gasteiger partial charge is 0.496 e. The average molecular weight is 513 g/mol. The first kappa shape index (κ1) is 29.7. The molecular weight excluding hydrogens is 472 g/mol. The Hall–Kier alpha value is -3.55. The highest BCUT2D eigenvalue weighted by Gasteiger charge is 2.26. The number of carboxylic acids is 1. The van der Waals surface area contributed by atoms with E-state index < -0.39 is 5.97 Å². The third-order valence-corrected chi connectivity index (χ3v) is 6.40. The fourth-order valence-corrected chi connectivity index (χ4v) is 4.43. The molecule has 0 heterocycles. The zero-order valence-electron chi connectivity index (χ0n) is 23.0. The summed E-state index contributed by atoms with van der Waals surface area (Å²) < 4.78 is 10.8. The van der Waals surface area contributed by atoms with Gasteiger partial charge in [0.1, 0.15) is 17.1 Å². The van der Waals surface area contributed by atoms with Crippen molar-refractivity contribution in [2.24, 2.45) is 0 Å². The number of nitrogens with one attached hydrogen (secondary N) is 2. The third kappa shape index (κ3) is 7.71. The van der Waals surface area contributed by atoms with Crippen molar-refractivity contribution in [1.82, 2.24) is 5.32 Å². The van der Waals surface area contributed by atoms with Crippen LogP contribution >= 0.6 is 0 Å². The van der Waals surface area contributed by atoms with Gasteiger partial charge in [0.25, 0.3) is 5.91 Å². The second-order valence-electron chi connectivity index (χ2n) is 10.1. The quantitative estimate of drug-likeness (QED) is 0.312. The maximum absolute atomic E-state index is 13.4. The van der Waals surface area contributed by atoms with Gasteiger partial charge < -0.3 is 25.2 Å². The number of hydrogen-bond acceptors (Lipinski definition) is 5. The van der Waals surface area contributed by atoms with Gasteiger partial charge in [-0.15, -0.1) is 0 Å². The molecule has 3 N–H and O–H groups in total. The Kier molecular flexibility index (Phi) is 10.5. The van der Waals surface area contributed by atoms with Gasteiger partial charge in [-0.2, -0.15) is 0 Å². The number of carboxylic acid groups (broad SMARTS) is 1. The van der Waals surface area contributed by atoms with Gasteiger partial charge in [-0.1, -0.05) is 53.0 Å². The number of unbranched alkanes of at least 4 members (excludes halogenated alkanes) is 2. The summed E-state index contributed by atoms with van der Waals surface area (Å²) in [5, 5.41) is 15.4. The van der Waals surface area contributed by atoms with Crippen LogP contribution < -0.4 is 20.1 Å². The average Bonchev–Trinajstić information content (AvgIpc) is 2.85. The van der Waals surface area contributed by atoms with Crippen LogP contribution in [-0.2, 0) is 10.2 Å². The van der Waals surface area contributed by atoms with Crippen molar-refractivity contribution in [1.29, 1.82) is 0 Å². The van der Waals surface area contributed by atoms with Crippen LogP contribution in [0.25, 0.3) is 0 Å². The molecule has 0 saturated carbocycles. The highest BCUT2D eigenvalue weighted by Crippen LogP contribution is 2.38. The van der Waals surface area contributed by atoms with E-state index in [1.165, 1.54) is 14.2 Å². The van der Waals surface area contributed by atoms with Crippen LogP contribution in [0.15, 0.2) is 30.3 Å². The van der Waals surface area contributed by atoms with E-state index in [0.717, 1.165) is 24.8 Å². The van der Waals surface area contributed by atoms with Crippen LogP contribution in [0, 0.1) is 0 Å². The van der Waals surface area contributed by atoms with E-state index in [4.69, 9.17) is 9.47 Å². The topological polar surface area (TPSA) is 114 Å². The van der Waals surface area contributed by atoms with E-state index in [1.807, 2.05) is 26.8 Å². The van der Waals surface area contributed by atoms with Crippen molar-refractivity contribution in [2.75, 3.05) is 26.6 Å². The van der Waals surface area contributed by atoms with Crippen molar-refractivity contribution < 1.29 is 29.0 Å². The first-order valence-electron chi connectivity index (χ1n) is 12.6. The maximum Gasteiger partial charge on any atom is 0.339 e. The minimum absolute atomic E-state index is 0.0208. The minimum atomic E-state index is -1.11. The Bertz CT molecular complexity index is 1120. The molecule has 0 fully saturated rings. The van der Waals surface area contributed by atoms with Gasteiger partial charge in [-0.25, -0.2) is 4.79 Å². The van der Waals surface area contributed by atoms with E-state index in [0.29, 0.717) is 29.0 Å². The molecule has 0 radical (unpaired) electrons. The Morgan fingerprint density at radius 3 is 2.22 bits per heavy atom.